The van der Waals surface area contributed by atoms with E-state index in [1.54, 1.807) is 0 Å². The Morgan fingerprint density at radius 2 is 2.00 bits per heavy atom. The largest absolute Gasteiger partial charge is 0.327 e. The van der Waals surface area contributed by atoms with Crippen LogP contribution in [0.2, 0.25) is 0 Å². The summed E-state index contributed by atoms with van der Waals surface area (Å²) >= 11 is 0. The topological polar surface area (TPSA) is 43.1 Å². The predicted octanol–water partition coefficient (Wildman–Crippen LogP) is 2.12. The molecule has 0 aromatic heterocycles. The maximum absolute atomic E-state index is 11.6. The number of carbonyl (C=O) groups is 1. The summed E-state index contributed by atoms with van der Waals surface area (Å²) in [6.07, 6.45) is 3.97. The first-order chi connectivity index (χ1) is 5.91. The molecule has 1 rings (SSSR count). The Hall–Kier alpha value is -0.370. The average molecular weight is 183 g/mol. The van der Waals surface area contributed by atoms with Crippen molar-refractivity contribution in [3.8, 4) is 0 Å². The molecule has 0 saturated heterocycles. The van der Waals surface area contributed by atoms with Gasteiger partial charge in [-0.15, -0.1) is 0 Å². The fourth-order valence-corrected chi connectivity index (χ4v) is 1.42. The Morgan fingerprint density at radius 1 is 1.46 bits per heavy atom. The summed E-state index contributed by atoms with van der Waals surface area (Å²) in [6.45, 7) is 6.27. The van der Waals surface area contributed by atoms with E-state index in [-0.39, 0.29) is 11.5 Å². The van der Waals surface area contributed by atoms with Gasteiger partial charge in [0.05, 0.1) is 0 Å². The van der Waals surface area contributed by atoms with Crippen LogP contribution in [0.3, 0.4) is 0 Å². The predicted molar refractivity (Wildman–Crippen MR) is 54.4 cm³/mol. The Bertz CT molecular complexity index is 189. The first-order valence-electron chi connectivity index (χ1n) is 5.19. The SMILES string of the molecule is CC(C)(C)C(N)CC(=O)C1CCC1. The van der Waals surface area contributed by atoms with Crippen molar-refractivity contribution >= 4 is 5.78 Å². The van der Waals surface area contributed by atoms with Gasteiger partial charge in [0.1, 0.15) is 5.78 Å². The molecule has 1 unspecified atom stereocenters. The van der Waals surface area contributed by atoms with Crippen molar-refractivity contribution in [2.45, 2.75) is 52.5 Å². The van der Waals surface area contributed by atoms with Crippen molar-refractivity contribution in [2.75, 3.05) is 0 Å². The van der Waals surface area contributed by atoms with Crippen molar-refractivity contribution < 1.29 is 4.79 Å². The summed E-state index contributed by atoms with van der Waals surface area (Å²) in [7, 11) is 0. The highest BCUT2D eigenvalue weighted by molar-refractivity contribution is 5.82. The van der Waals surface area contributed by atoms with E-state index in [0.717, 1.165) is 12.8 Å². The molecule has 2 heteroatoms. The smallest absolute Gasteiger partial charge is 0.137 e. The van der Waals surface area contributed by atoms with Gasteiger partial charge in [0.25, 0.3) is 0 Å². The third-order valence-electron chi connectivity index (χ3n) is 3.09. The van der Waals surface area contributed by atoms with Crippen LogP contribution in [0, 0.1) is 11.3 Å². The molecule has 13 heavy (non-hydrogen) atoms. The molecule has 76 valence electrons. The van der Waals surface area contributed by atoms with Crippen LogP contribution in [0.5, 0.6) is 0 Å². The van der Waals surface area contributed by atoms with Gasteiger partial charge in [0, 0.05) is 18.4 Å². The van der Waals surface area contributed by atoms with Gasteiger partial charge in [-0.2, -0.15) is 0 Å². The summed E-state index contributed by atoms with van der Waals surface area (Å²) in [5.41, 5.74) is 6.00. The lowest BCUT2D eigenvalue weighted by atomic mass is 9.77. The summed E-state index contributed by atoms with van der Waals surface area (Å²) in [5, 5.41) is 0. The highest BCUT2D eigenvalue weighted by Crippen LogP contribution is 2.30. The molecule has 1 saturated carbocycles. The van der Waals surface area contributed by atoms with Crippen LogP contribution in [0.25, 0.3) is 0 Å². The quantitative estimate of drug-likeness (QED) is 0.728. The zero-order chi connectivity index (χ0) is 10.1. The van der Waals surface area contributed by atoms with Crippen LogP contribution in [-0.4, -0.2) is 11.8 Å². The fraction of sp³-hybridized carbons (Fsp3) is 0.909. The second kappa shape index (κ2) is 3.79. The number of rotatable bonds is 3. The summed E-state index contributed by atoms with van der Waals surface area (Å²) < 4.78 is 0. The molecule has 1 aliphatic rings. The zero-order valence-corrected chi connectivity index (χ0v) is 8.97. The molecule has 0 radical (unpaired) electrons. The molecular formula is C11H21NO. The Kier molecular flexibility index (Phi) is 3.12. The first-order valence-corrected chi connectivity index (χ1v) is 5.19. The van der Waals surface area contributed by atoms with Gasteiger partial charge in [-0.3, -0.25) is 4.79 Å². The number of nitrogens with two attached hydrogens (primary N) is 1. The van der Waals surface area contributed by atoms with Crippen LogP contribution >= 0.6 is 0 Å². The van der Waals surface area contributed by atoms with Gasteiger partial charge in [0.2, 0.25) is 0 Å². The van der Waals surface area contributed by atoms with Crippen LogP contribution in [0.4, 0.5) is 0 Å². The van der Waals surface area contributed by atoms with Crippen LogP contribution in [-0.2, 0) is 4.79 Å². The van der Waals surface area contributed by atoms with E-state index in [9.17, 15) is 4.79 Å². The minimum absolute atomic E-state index is 0.0144. The number of carbonyl (C=O) groups excluding carboxylic acids is 1. The van der Waals surface area contributed by atoms with Gasteiger partial charge < -0.3 is 5.73 Å². The van der Waals surface area contributed by atoms with Crippen molar-refractivity contribution in [3.05, 3.63) is 0 Å². The van der Waals surface area contributed by atoms with E-state index in [2.05, 4.69) is 20.8 Å². The second-order valence-electron chi connectivity index (χ2n) is 5.27. The van der Waals surface area contributed by atoms with E-state index < -0.39 is 0 Å². The van der Waals surface area contributed by atoms with Crippen molar-refractivity contribution in [2.24, 2.45) is 17.1 Å². The van der Waals surface area contributed by atoms with E-state index in [1.165, 1.54) is 6.42 Å². The maximum atomic E-state index is 11.6. The lowest BCUT2D eigenvalue weighted by molar-refractivity contribution is -0.126. The van der Waals surface area contributed by atoms with Gasteiger partial charge >= 0.3 is 0 Å². The number of ketones is 1. The second-order valence-corrected chi connectivity index (χ2v) is 5.27. The minimum atomic E-state index is 0.0144. The van der Waals surface area contributed by atoms with Crippen molar-refractivity contribution in [1.29, 1.82) is 0 Å². The standard InChI is InChI=1S/C11H21NO/c1-11(2,3)10(12)7-9(13)8-5-4-6-8/h8,10H,4-7,12H2,1-3H3. The van der Waals surface area contributed by atoms with Crippen LogP contribution in [0.15, 0.2) is 0 Å². The van der Waals surface area contributed by atoms with Gasteiger partial charge in [-0.25, -0.2) is 0 Å². The minimum Gasteiger partial charge on any atom is -0.327 e. The van der Waals surface area contributed by atoms with Gasteiger partial charge in [0.15, 0.2) is 0 Å². The molecule has 0 heterocycles. The van der Waals surface area contributed by atoms with E-state index in [0.29, 0.717) is 18.1 Å². The normalized spacial score (nSPS) is 20.9. The molecule has 0 spiro atoms. The van der Waals surface area contributed by atoms with Gasteiger partial charge in [-0.1, -0.05) is 27.2 Å². The summed E-state index contributed by atoms with van der Waals surface area (Å²) in [5.74, 6) is 0.724. The Labute approximate surface area is 80.9 Å². The lowest BCUT2D eigenvalue weighted by Gasteiger charge is -2.30. The maximum Gasteiger partial charge on any atom is 0.137 e. The first kappa shape index (κ1) is 10.7. The molecule has 0 aromatic carbocycles. The number of hydrogen-bond acceptors (Lipinski definition) is 2. The molecule has 0 amide bonds. The summed E-state index contributed by atoms with van der Waals surface area (Å²) in [4.78, 5) is 11.6. The highest BCUT2D eigenvalue weighted by atomic mass is 16.1. The van der Waals surface area contributed by atoms with Crippen LogP contribution < -0.4 is 5.73 Å². The molecule has 2 nitrogen and oxygen atoms in total. The number of hydrogen-bond donors (Lipinski definition) is 1. The highest BCUT2D eigenvalue weighted by Gasteiger charge is 2.29. The monoisotopic (exact) mass is 183 g/mol. The molecule has 0 bridgehead atoms. The third kappa shape index (κ3) is 2.80. The molecule has 2 N–H and O–H groups in total. The molecule has 1 fully saturated rings. The van der Waals surface area contributed by atoms with Gasteiger partial charge in [-0.05, 0) is 18.3 Å². The average Bonchev–Trinajstić information content (AvgIpc) is 1.79. The molecule has 0 aromatic rings. The third-order valence-corrected chi connectivity index (χ3v) is 3.09. The molecular weight excluding hydrogens is 162 g/mol. The Morgan fingerprint density at radius 3 is 2.31 bits per heavy atom. The Balaban J connectivity index is 2.35. The molecule has 1 aliphatic carbocycles. The molecule has 1 atom stereocenters. The fourth-order valence-electron chi connectivity index (χ4n) is 1.42. The number of Topliss-reactive ketones (excluding diaryl/α,β-unsaturated/α-hetero) is 1. The van der Waals surface area contributed by atoms with E-state index >= 15 is 0 Å². The van der Waals surface area contributed by atoms with E-state index in [1.807, 2.05) is 0 Å². The zero-order valence-electron chi connectivity index (χ0n) is 8.97. The lowest BCUT2D eigenvalue weighted by Crippen LogP contribution is -2.39. The molecule has 0 aliphatic heterocycles. The van der Waals surface area contributed by atoms with Crippen molar-refractivity contribution in [1.82, 2.24) is 0 Å². The van der Waals surface area contributed by atoms with Crippen molar-refractivity contribution in [3.63, 3.8) is 0 Å². The van der Waals surface area contributed by atoms with Crippen LogP contribution in [0.1, 0.15) is 46.5 Å². The van der Waals surface area contributed by atoms with E-state index in [4.69, 9.17) is 5.73 Å². The summed E-state index contributed by atoms with van der Waals surface area (Å²) in [6, 6.07) is 0.0144.